The molecule has 0 aromatic carbocycles. The van der Waals surface area contributed by atoms with E-state index in [0.717, 1.165) is 58.2 Å². The van der Waals surface area contributed by atoms with Crippen LogP contribution >= 0.6 is 0 Å². The molecule has 1 N–H and O–H groups in total. The molecule has 23 heavy (non-hydrogen) atoms. The zero-order chi connectivity index (χ0) is 16.5. The maximum atomic E-state index is 12.3. The van der Waals surface area contributed by atoms with Gasteiger partial charge in [0.2, 0.25) is 5.91 Å². The first-order valence-electron chi connectivity index (χ1n) is 9.17. The highest BCUT2D eigenvalue weighted by atomic mass is 16.1. The Labute approximate surface area is 140 Å². The Morgan fingerprint density at radius 2 is 2.00 bits per heavy atom. The summed E-state index contributed by atoms with van der Waals surface area (Å²) < 4.78 is 0. The van der Waals surface area contributed by atoms with Crippen LogP contribution in [0, 0.1) is 11.8 Å². The summed E-state index contributed by atoms with van der Waals surface area (Å²) in [6, 6.07) is 4.11. The Balaban J connectivity index is 1.73. The fourth-order valence-electron chi connectivity index (χ4n) is 3.43. The summed E-state index contributed by atoms with van der Waals surface area (Å²) in [6.45, 7) is 7.26. The van der Waals surface area contributed by atoms with Crippen LogP contribution < -0.4 is 10.2 Å². The van der Waals surface area contributed by atoms with Gasteiger partial charge in [-0.25, -0.2) is 0 Å². The quantitative estimate of drug-likeness (QED) is 0.796. The van der Waals surface area contributed by atoms with Crippen molar-refractivity contribution in [3.05, 3.63) is 24.5 Å². The van der Waals surface area contributed by atoms with E-state index in [4.69, 9.17) is 0 Å². The van der Waals surface area contributed by atoms with Crippen LogP contribution in [0.25, 0.3) is 0 Å². The van der Waals surface area contributed by atoms with E-state index in [1.165, 1.54) is 5.69 Å². The number of carbonyl (C=O) groups excluding carboxylic acids is 1. The molecule has 1 saturated heterocycles. The van der Waals surface area contributed by atoms with Crippen LogP contribution in [0.4, 0.5) is 5.69 Å². The Hall–Kier alpha value is -1.58. The van der Waals surface area contributed by atoms with Crippen LogP contribution in [0.15, 0.2) is 24.5 Å². The molecule has 1 amide bonds. The molecule has 1 fully saturated rings. The molecule has 0 atom stereocenters. The molecule has 1 aromatic heterocycles. The van der Waals surface area contributed by atoms with Crippen molar-refractivity contribution in [1.29, 1.82) is 0 Å². The number of pyridine rings is 1. The van der Waals surface area contributed by atoms with Gasteiger partial charge in [0.1, 0.15) is 0 Å². The molecule has 128 valence electrons. The van der Waals surface area contributed by atoms with Crippen molar-refractivity contribution in [2.75, 3.05) is 24.5 Å². The minimum atomic E-state index is 0.209. The first-order valence-corrected chi connectivity index (χ1v) is 9.17. The third-order valence-electron chi connectivity index (χ3n) is 4.84. The van der Waals surface area contributed by atoms with Gasteiger partial charge in [0.05, 0.1) is 11.9 Å². The minimum Gasteiger partial charge on any atom is -0.370 e. The summed E-state index contributed by atoms with van der Waals surface area (Å²) in [7, 11) is 0. The lowest BCUT2D eigenvalue weighted by Gasteiger charge is -2.33. The van der Waals surface area contributed by atoms with Crippen molar-refractivity contribution in [2.45, 2.75) is 52.4 Å². The van der Waals surface area contributed by atoms with E-state index >= 15 is 0 Å². The number of hydrogen-bond acceptors (Lipinski definition) is 3. The summed E-state index contributed by atoms with van der Waals surface area (Å²) in [4.78, 5) is 18.9. The predicted octanol–water partition coefficient (Wildman–Crippen LogP) is 3.63. The zero-order valence-electron chi connectivity index (χ0n) is 14.6. The lowest BCUT2D eigenvalue weighted by Crippen LogP contribution is -2.40. The van der Waals surface area contributed by atoms with E-state index in [9.17, 15) is 4.79 Å². The average molecular weight is 317 g/mol. The molecular weight excluding hydrogens is 286 g/mol. The molecule has 4 heteroatoms. The normalized spacial score (nSPS) is 15.9. The fourth-order valence-corrected chi connectivity index (χ4v) is 3.43. The molecule has 0 radical (unpaired) electrons. The van der Waals surface area contributed by atoms with Crippen LogP contribution in [0.2, 0.25) is 0 Å². The molecule has 4 nitrogen and oxygen atoms in total. The Bertz CT molecular complexity index is 449. The van der Waals surface area contributed by atoms with E-state index in [1.54, 1.807) is 0 Å². The first-order chi connectivity index (χ1) is 11.2. The molecule has 0 bridgehead atoms. The second kappa shape index (κ2) is 9.53. The summed E-state index contributed by atoms with van der Waals surface area (Å²) in [5, 5.41) is 3.21. The van der Waals surface area contributed by atoms with Crippen molar-refractivity contribution < 1.29 is 4.79 Å². The lowest BCUT2D eigenvalue weighted by molar-refractivity contribution is -0.125. The molecular formula is C19H31N3O. The molecule has 1 aromatic rings. The van der Waals surface area contributed by atoms with Gasteiger partial charge in [-0.2, -0.15) is 0 Å². The summed E-state index contributed by atoms with van der Waals surface area (Å²) >= 11 is 0. The summed E-state index contributed by atoms with van der Waals surface area (Å²) in [5.74, 6) is 1.08. The van der Waals surface area contributed by atoms with Crippen LogP contribution in [-0.2, 0) is 4.79 Å². The highest BCUT2D eigenvalue weighted by Crippen LogP contribution is 2.22. The number of nitrogens with one attached hydrogen (secondary N) is 1. The molecule has 1 aliphatic heterocycles. The largest absolute Gasteiger partial charge is 0.370 e. The van der Waals surface area contributed by atoms with E-state index in [2.05, 4.69) is 35.1 Å². The summed E-state index contributed by atoms with van der Waals surface area (Å²) in [6.07, 6.45) is 10.2. The molecule has 0 unspecified atom stereocenters. The number of carbonyl (C=O) groups is 1. The van der Waals surface area contributed by atoms with Gasteiger partial charge >= 0.3 is 0 Å². The SMILES string of the molecule is CCCC(CCC)C(=O)NCC1CCN(c2cccnc2)CC1. The van der Waals surface area contributed by atoms with E-state index < -0.39 is 0 Å². The van der Waals surface area contributed by atoms with Crippen molar-refractivity contribution in [1.82, 2.24) is 10.3 Å². The van der Waals surface area contributed by atoms with E-state index in [1.807, 2.05) is 18.5 Å². The van der Waals surface area contributed by atoms with Gasteiger partial charge in [-0.3, -0.25) is 9.78 Å². The van der Waals surface area contributed by atoms with Gasteiger partial charge in [-0.15, -0.1) is 0 Å². The van der Waals surface area contributed by atoms with Crippen LogP contribution in [-0.4, -0.2) is 30.5 Å². The fraction of sp³-hybridized carbons (Fsp3) is 0.684. The van der Waals surface area contributed by atoms with Gasteiger partial charge in [0, 0.05) is 31.7 Å². The van der Waals surface area contributed by atoms with Gasteiger partial charge in [0.25, 0.3) is 0 Å². The van der Waals surface area contributed by atoms with Crippen molar-refractivity contribution >= 4 is 11.6 Å². The van der Waals surface area contributed by atoms with Gasteiger partial charge in [0.15, 0.2) is 0 Å². The van der Waals surface area contributed by atoms with Crippen molar-refractivity contribution in [2.24, 2.45) is 11.8 Å². The predicted molar refractivity (Wildman–Crippen MR) is 95.5 cm³/mol. The average Bonchev–Trinajstić information content (AvgIpc) is 2.61. The molecule has 1 aliphatic rings. The second-order valence-corrected chi connectivity index (χ2v) is 6.66. The van der Waals surface area contributed by atoms with Crippen LogP contribution in [0.3, 0.4) is 0 Å². The second-order valence-electron chi connectivity index (χ2n) is 6.66. The standard InChI is InChI=1S/C19H31N3O/c1-3-6-17(7-4-2)19(23)21-14-16-9-12-22(13-10-16)18-8-5-11-20-15-18/h5,8,11,15-17H,3-4,6-7,9-10,12-14H2,1-2H3,(H,21,23). The number of rotatable bonds is 8. The van der Waals surface area contributed by atoms with Crippen LogP contribution in [0.5, 0.6) is 0 Å². The van der Waals surface area contributed by atoms with Gasteiger partial charge < -0.3 is 10.2 Å². The molecule has 0 spiro atoms. The third kappa shape index (κ3) is 5.52. The van der Waals surface area contributed by atoms with E-state index in [-0.39, 0.29) is 11.8 Å². The third-order valence-corrected chi connectivity index (χ3v) is 4.84. The molecule has 2 rings (SSSR count). The molecule has 0 aliphatic carbocycles. The number of amides is 1. The van der Waals surface area contributed by atoms with Crippen molar-refractivity contribution in [3.63, 3.8) is 0 Å². The van der Waals surface area contributed by atoms with Crippen molar-refractivity contribution in [3.8, 4) is 0 Å². The van der Waals surface area contributed by atoms with Crippen LogP contribution in [0.1, 0.15) is 52.4 Å². The first kappa shape index (κ1) is 17.8. The number of hydrogen-bond donors (Lipinski definition) is 1. The van der Waals surface area contributed by atoms with Gasteiger partial charge in [-0.1, -0.05) is 26.7 Å². The Morgan fingerprint density at radius 3 is 2.57 bits per heavy atom. The lowest BCUT2D eigenvalue weighted by atomic mass is 9.94. The highest BCUT2D eigenvalue weighted by Gasteiger charge is 2.22. The molecule has 2 heterocycles. The number of aromatic nitrogens is 1. The van der Waals surface area contributed by atoms with E-state index in [0.29, 0.717) is 5.92 Å². The smallest absolute Gasteiger partial charge is 0.223 e. The molecule has 0 saturated carbocycles. The minimum absolute atomic E-state index is 0.209. The maximum Gasteiger partial charge on any atom is 0.223 e. The number of anilines is 1. The van der Waals surface area contributed by atoms with Gasteiger partial charge in [-0.05, 0) is 43.7 Å². The number of piperidine rings is 1. The summed E-state index contributed by atoms with van der Waals surface area (Å²) in [5.41, 5.74) is 1.21. The maximum absolute atomic E-state index is 12.3. The topological polar surface area (TPSA) is 45.2 Å². The zero-order valence-corrected chi connectivity index (χ0v) is 14.6. The highest BCUT2D eigenvalue weighted by molar-refractivity contribution is 5.78. The number of nitrogens with zero attached hydrogens (tertiary/aromatic N) is 2. The monoisotopic (exact) mass is 317 g/mol. The Kier molecular flexibility index (Phi) is 7.37. The Morgan fingerprint density at radius 1 is 1.30 bits per heavy atom.